The first-order chi connectivity index (χ1) is 14.0. The van der Waals surface area contributed by atoms with Gasteiger partial charge in [-0.2, -0.15) is 0 Å². The number of carbonyl (C=O) groups is 1. The van der Waals surface area contributed by atoms with Gasteiger partial charge in [-0.25, -0.2) is 0 Å². The Morgan fingerprint density at radius 2 is 1.76 bits per heavy atom. The van der Waals surface area contributed by atoms with Crippen LogP contribution >= 0.6 is 24.0 Å². The average Bonchev–Trinajstić information content (AvgIpc) is 2.94. The van der Waals surface area contributed by atoms with Gasteiger partial charge >= 0.3 is 0 Å². The topological polar surface area (TPSA) is 38.8 Å². The van der Waals surface area contributed by atoms with Crippen LogP contribution in [0, 0.1) is 13.8 Å². The van der Waals surface area contributed by atoms with Crippen molar-refractivity contribution in [1.29, 1.82) is 0 Å². The highest BCUT2D eigenvalue weighted by Crippen LogP contribution is 2.34. The zero-order valence-corrected chi connectivity index (χ0v) is 18.6. The number of ether oxygens (including phenoxy) is 2. The monoisotopic (exact) mass is 427 g/mol. The number of amides is 1. The van der Waals surface area contributed by atoms with Gasteiger partial charge in [-0.05, 0) is 56.2 Å². The molecule has 29 heavy (non-hydrogen) atoms. The van der Waals surface area contributed by atoms with E-state index in [9.17, 15) is 4.79 Å². The molecule has 1 saturated heterocycles. The normalized spacial score (nSPS) is 15.3. The number of hydrogen-bond acceptors (Lipinski definition) is 5. The molecule has 0 atom stereocenters. The maximum Gasteiger partial charge on any atom is 0.266 e. The Labute approximate surface area is 181 Å². The van der Waals surface area contributed by atoms with Gasteiger partial charge in [0.25, 0.3) is 5.91 Å². The lowest BCUT2D eigenvalue weighted by atomic mass is 10.1. The van der Waals surface area contributed by atoms with Gasteiger partial charge in [0.15, 0.2) is 0 Å². The number of carbonyl (C=O) groups excluding carboxylic acids is 1. The van der Waals surface area contributed by atoms with Crippen LogP contribution < -0.4 is 9.47 Å². The molecule has 0 bridgehead atoms. The van der Waals surface area contributed by atoms with Crippen LogP contribution in [0.25, 0.3) is 6.08 Å². The molecule has 0 N–H and O–H groups in total. The molecule has 0 aromatic heterocycles. The number of para-hydroxylation sites is 1. The van der Waals surface area contributed by atoms with Crippen molar-refractivity contribution >= 4 is 40.3 Å². The lowest BCUT2D eigenvalue weighted by Crippen LogP contribution is -2.27. The van der Waals surface area contributed by atoms with E-state index in [1.54, 1.807) is 4.90 Å². The summed E-state index contributed by atoms with van der Waals surface area (Å²) in [6, 6.07) is 13.9. The molecule has 1 fully saturated rings. The van der Waals surface area contributed by atoms with Crippen LogP contribution in [-0.2, 0) is 4.79 Å². The number of benzene rings is 2. The van der Waals surface area contributed by atoms with Crippen LogP contribution in [0.5, 0.6) is 11.5 Å². The van der Waals surface area contributed by atoms with Crippen LogP contribution in [0.15, 0.2) is 47.4 Å². The summed E-state index contributed by atoms with van der Waals surface area (Å²) in [5, 5.41) is 0. The number of rotatable bonds is 8. The fourth-order valence-corrected chi connectivity index (χ4v) is 4.47. The molecule has 0 spiro atoms. The largest absolute Gasteiger partial charge is 0.493 e. The molecule has 4 nitrogen and oxygen atoms in total. The van der Waals surface area contributed by atoms with Crippen LogP contribution in [-0.4, -0.2) is 34.9 Å². The van der Waals surface area contributed by atoms with Gasteiger partial charge in [-0.1, -0.05) is 48.2 Å². The third kappa shape index (κ3) is 5.61. The minimum Gasteiger partial charge on any atom is -0.493 e. The van der Waals surface area contributed by atoms with E-state index in [2.05, 4.69) is 19.9 Å². The van der Waals surface area contributed by atoms with Crippen molar-refractivity contribution in [2.75, 3.05) is 19.8 Å². The van der Waals surface area contributed by atoms with Gasteiger partial charge in [0.1, 0.15) is 15.8 Å². The summed E-state index contributed by atoms with van der Waals surface area (Å²) in [5.41, 5.74) is 3.26. The van der Waals surface area contributed by atoms with E-state index in [1.165, 1.54) is 22.9 Å². The van der Waals surface area contributed by atoms with Crippen LogP contribution in [0.3, 0.4) is 0 Å². The SMILES string of the molecule is CCN1C(=O)C(=Cc2ccccc2OCCCOc2cc(C)cc(C)c2)SC1=S. The van der Waals surface area contributed by atoms with E-state index in [-0.39, 0.29) is 5.91 Å². The van der Waals surface area contributed by atoms with Gasteiger partial charge in [0.2, 0.25) is 0 Å². The van der Waals surface area contributed by atoms with Crippen LogP contribution in [0.4, 0.5) is 0 Å². The summed E-state index contributed by atoms with van der Waals surface area (Å²) < 4.78 is 12.4. The Balaban J connectivity index is 1.56. The molecule has 1 amide bonds. The Bertz CT molecular complexity index is 919. The van der Waals surface area contributed by atoms with Crippen molar-refractivity contribution in [3.05, 3.63) is 64.1 Å². The Hall–Kier alpha value is -2.31. The molecular formula is C23H25NO3S2. The third-order valence-corrected chi connectivity index (χ3v) is 5.78. The fourth-order valence-electron chi connectivity index (χ4n) is 3.09. The zero-order valence-electron chi connectivity index (χ0n) is 16.9. The first-order valence-electron chi connectivity index (χ1n) is 9.66. The molecule has 2 aromatic rings. The molecule has 0 aliphatic carbocycles. The van der Waals surface area contributed by atoms with Crippen LogP contribution in [0.2, 0.25) is 0 Å². The number of likely N-dealkylation sites (N-methyl/N-ethyl adjacent to an activating group) is 1. The van der Waals surface area contributed by atoms with E-state index in [1.807, 2.05) is 49.4 Å². The first-order valence-corrected chi connectivity index (χ1v) is 10.9. The number of aryl methyl sites for hydroxylation is 2. The highest BCUT2D eigenvalue weighted by atomic mass is 32.2. The number of thioether (sulfide) groups is 1. The van der Waals surface area contributed by atoms with Gasteiger partial charge in [-0.15, -0.1) is 0 Å². The van der Waals surface area contributed by atoms with Crippen molar-refractivity contribution in [3.8, 4) is 11.5 Å². The second-order valence-electron chi connectivity index (χ2n) is 6.84. The van der Waals surface area contributed by atoms with E-state index in [0.717, 1.165) is 23.5 Å². The van der Waals surface area contributed by atoms with Crippen molar-refractivity contribution in [2.24, 2.45) is 0 Å². The maximum atomic E-state index is 12.4. The second-order valence-corrected chi connectivity index (χ2v) is 8.51. The van der Waals surface area contributed by atoms with Gasteiger partial charge < -0.3 is 9.47 Å². The maximum absolute atomic E-state index is 12.4. The van der Waals surface area contributed by atoms with Crippen molar-refractivity contribution in [3.63, 3.8) is 0 Å². The van der Waals surface area contributed by atoms with Crippen molar-refractivity contribution in [1.82, 2.24) is 4.90 Å². The van der Waals surface area contributed by atoms with Crippen molar-refractivity contribution < 1.29 is 14.3 Å². The first kappa shape index (κ1) is 21.4. The fraction of sp³-hybridized carbons (Fsp3) is 0.304. The molecular weight excluding hydrogens is 402 g/mol. The zero-order chi connectivity index (χ0) is 20.8. The van der Waals surface area contributed by atoms with E-state index < -0.39 is 0 Å². The molecule has 6 heteroatoms. The summed E-state index contributed by atoms with van der Waals surface area (Å²) in [6.45, 7) is 7.75. The van der Waals surface area contributed by atoms with Crippen LogP contribution in [0.1, 0.15) is 30.0 Å². The number of thiocarbonyl (C=S) groups is 1. The molecule has 3 rings (SSSR count). The molecule has 0 radical (unpaired) electrons. The quantitative estimate of drug-likeness (QED) is 0.322. The Morgan fingerprint density at radius 1 is 1.07 bits per heavy atom. The smallest absolute Gasteiger partial charge is 0.266 e. The summed E-state index contributed by atoms with van der Waals surface area (Å²) in [7, 11) is 0. The van der Waals surface area contributed by atoms with Gasteiger partial charge in [0.05, 0.1) is 18.1 Å². The van der Waals surface area contributed by atoms with E-state index in [4.69, 9.17) is 21.7 Å². The molecule has 0 saturated carbocycles. The Morgan fingerprint density at radius 3 is 2.45 bits per heavy atom. The molecule has 1 heterocycles. The average molecular weight is 428 g/mol. The summed E-state index contributed by atoms with van der Waals surface area (Å²) in [6.07, 6.45) is 2.62. The molecule has 0 unspecified atom stereocenters. The summed E-state index contributed by atoms with van der Waals surface area (Å²) in [5.74, 6) is 1.60. The van der Waals surface area contributed by atoms with Gasteiger partial charge in [-0.3, -0.25) is 9.69 Å². The van der Waals surface area contributed by atoms with Crippen molar-refractivity contribution in [2.45, 2.75) is 27.2 Å². The Kier molecular flexibility index (Phi) is 7.34. The minimum atomic E-state index is -0.0425. The number of nitrogens with zero attached hydrogens (tertiary/aromatic N) is 1. The van der Waals surface area contributed by atoms with E-state index in [0.29, 0.717) is 29.0 Å². The molecule has 1 aliphatic heterocycles. The summed E-state index contributed by atoms with van der Waals surface area (Å²) >= 11 is 6.62. The number of hydrogen-bond donors (Lipinski definition) is 0. The van der Waals surface area contributed by atoms with E-state index >= 15 is 0 Å². The lowest BCUT2D eigenvalue weighted by Gasteiger charge is -2.11. The lowest BCUT2D eigenvalue weighted by molar-refractivity contribution is -0.121. The highest BCUT2D eigenvalue weighted by molar-refractivity contribution is 8.26. The van der Waals surface area contributed by atoms with Gasteiger partial charge in [0, 0.05) is 18.5 Å². The summed E-state index contributed by atoms with van der Waals surface area (Å²) in [4.78, 5) is 14.7. The molecule has 1 aliphatic rings. The predicted molar refractivity (Wildman–Crippen MR) is 124 cm³/mol. The molecule has 152 valence electrons. The standard InChI is InChI=1S/C23H25NO3S2/c1-4-24-22(25)21(29-23(24)28)15-18-8-5-6-9-20(18)27-11-7-10-26-19-13-16(2)12-17(3)14-19/h5-6,8-9,12-15H,4,7,10-11H2,1-3H3. The predicted octanol–water partition coefficient (Wildman–Crippen LogP) is 5.37. The third-order valence-electron chi connectivity index (χ3n) is 4.41. The minimum absolute atomic E-state index is 0.0425. The second kappa shape index (κ2) is 9.94. The highest BCUT2D eigenvalue weighted by Gasteiger charge is 2.30. The molecule has 2 aromatic carbocycles.